The molecule has 0 heterocycles. The Balaban J connectivity index is 2.34. The van der Waals surface area contributed by atoms with Crippen molar-refractivity contribution < 1.29 is 9.53 Å². The molecule has 1 rings (SSSR count). The van der Waals surface area contributed by atoms with E-state index in [-0.39, 0.29) is 18.5 Å². The topological polar surface area (TPSA) is 64.3 Å². The Bertz CT molecular complexity index is 335. The van der Waals surface area contributed by atoms with Gasteiger partial charge in [-0.2, -0.15) is 0 Å². The predicted molar refractivity (Wildman–Crippen MR) is 63.3 cm³/mol. The monoisotopic (exact) mass is 222 g/mol. The lowest BCUT2D eigenvalue weighted by Crippen LogP contribution is -2.40. The minimum absolute atomic E-state index is 0.00880. The van der Waals surface area contributed by atoms with E-state index in [1.807, 2.05) is 38.1 Å². The zero-order valence-electron chi connectivity index (χ0n) is 9.69. The molecule has 0 saturated heterocycles. The lowest BCUT2D eigenvalue weighted by Gasteiger charge is -2.14. The average molecular weight is 222 g/mol. The minimum atomic E-state index is -0.167. The molecule has 4 heteroatoms. The van der Waals surface area contributed by atoms with Crippen LogP contribution in [0, 0.1) is 6.92 Å². The van der Waals surface area contributed by atoms with Crippen molar-refractivity contribution in [2.45, 2.75) is 19.9 Å². The van der Waals surface area contributed by atoms with Gasteiger partial charge in [0.05, 0.1) is 12.6 Å². The number of ether oxygens (including phenoxy) is 1. The molecule has 0 aromatic heterocycles. The predicted octanol–water partition coefficient (Wildman–Crippen LogP) is 0.837. The Morgan fingerprint density at radius 3 is 2.62 bits per heavy atom. The van der Waals surface area contributed by atoms with Gasteiger partial charge >= 0.3 is 0 Å². The Morgan fingerprint density at radius 2 is 2.06 bits per heavy atom. The van der Waals surface area contributed by atoms with Crippen molar-refractivity contribution in [3.63, 3.8) is 0 Å². The minimum Gasteiger partial charge on any atom is -0.491 e. The van der Waals surface area contributed by atoms with Crippen molar-refractivity contribution in [2.24, 2.45) is 5.73 Å². The van der Waals surface area contributed by atoms with Crippen LogP contribution in [0.2, 0.25) is 0 Å². The maximum absolute atomic E-state index is 11.0. The number of carbonyl (C=O) groups excluding carboxylic acids is 1. The summed E-state index contributed by atoms with van der Waals surface area (Å²) in [5.74, 6) is 0.638. The molecule has 0 aliphatic carbocycles. The molecule has 1 aromatic carbocycles. The lowest BCUT2D eigenvalue weighted by atomic mass is 10.2. The van der Waals surface area contributed by atoms with E-state index in [4.69, 9.17) is 10.5 Å². The van der Waals surface area contributed by atoms with Crippen molar-refractivity contribution in [2.75, 3.05) is 13.2 Å². The largest absolute Gasteiger partial charge is 0.491 e. The highest BCUT2D eigenvalue weighted by atomic mass is 16.5. The van der Waals surface area contributed by atoms with Crippen LogP contribution in [0.1, 0.15) is 12.5 Å². The molecule has 1 unspecified atom stereocenters. The Labute approximate surface area is 95.8 Å². The van der Waals surface area contributed by atoms with Gasteiger partial charge in [0.2, 0.25) is 5.91 Å². The molecule has 0 aliphatic heterocycles. The summed E-state index contributed by atoms with van der Waals surface area (Å²) < 4.78 is 5.51. The van der Waals surface area contributed by atoms with Gasteiger partial charge in [-0.15, -0.1) is 0 Å². The van der Waals surface area contributed by atoms with E-state index in [0.717, 1.165) is 5.75 Å². The molecule has 3 N–H and O–H groups in total. The first-order chi connectivity index (χ1) is 7.61. The summed E-state index contributed by atoms with van der Waals surface area (Å²) in [5, 5.41) is 2.72. The summed E-state index contributed by atoms with van der Waals surface area (Å²) in [6, 6.07) is 7.74. The molecule has 0 radical (unpaired) electrons. The third-order valence-electron chi connectivity index (χ3n) is 2.11. The fourth-order valence-corrected chi connectivity index (χ4v) is 1.23. The van der Waals surface area contributed by atoms with Crippen LogP contribution in [-0.4, -0.2) is 25.1 Å². The van der Waals surface area contributed by atoms with Gasteiger partial charge in [-0.1, -0.05) is 17.7 Å². The van der Waals surface area contributed by atoms with E-state index in [1.165, 1.54) is 5.56 Å². The van der Waals surface area contributed by atoms with Crippen LogP contribution in [0.5, 0.6) is 5.75 Å². The molecule has 1 aromatic rings. The normalized spacial score (nSPS) is 11.9. The van der Waals surface area contributed by atoms with Crippen molar-refractivity contribution in [1.82, 2.24) is 5.32 Å². The first kappa shape index (κ1) is 12.5. The molecule has 0 fully saturated rings. The molecular formula is C12H18N2O2. The zero-order valence-corrected chi connectivity index (χ0v) is 9.69. The third-order valence-corrected chi connectivity index (χ3v) is 2.11. The Hall–Kier alpha value is -1.55. The zero-order chi connectivity index (χ0) is 12.0. The second-order valence-electron chi connectivity index (χ2n) is 3.80. The molecule has 1 amide bonds. The number of benzene rings is 1. The highest BCUT2D eigenvalue weighted by Gasteiger charge is 2.05. The van der Waals surface area contributed by atoms with E-state index in [2.05, 4.69) is 5.32 Å². The SMILES string of the molecule is Cc1ccc(OCC(C)NC(=O)CN)cc1. The maximum atomic E-state index is 11.0. The fourth-order valence-electron chi connectivity index (χ4n) is 1.23. The van der Waals surface area contributed by atoms with Gasteiger partial charge in [0.15, 0.2) is 0 Å². The molecule has 0 saturated carbocycles. The average Bonchev–Trinajstić information content (AvgIpc) is 2.28. The van der Waals surface area contributed by atoms with E-state index in [0.29, 0.717) is 6.61 Å². The van der Waals surface area contributed by atoms with Crippen LogP contribution in [0.15, 0.2) is 24.3 Å². The number of carbonyl (C=O) groups is 1. The number of aryl methyl sites for hydroxylation is 1. The van der Waals surface area contributed by atoms with Gasteiger partial charge in [-0.25, -0.2) is 0 Å². The van der Waals surface area contributed by atoms with Gasteiger partial charge in [0.25, 0.3) is 0 Å². The van der Waals surface area contributed by atoms with Gasteiger partial charge in [0, 0.05) is 0 Å². The van der Waals surface area contributed by atoms with Crippen LogP contribution in [-0.2, 0) is 4.79 Å². The van der Waals surface area contributed by atoms with E-state index in [9.17, 15) is 4.79 Å². The second kappa shape index (κ2) is 6.12. The van der Waals surface area contributed by atoms with Gasteiger partial charge < -0.3 is 15.8 Å². The Morgan fingerprint density at radius 1 is 1.44 bits per heavy atom. The number of nitrogens with two attached hydrogens (primary N) is 1. The number of hydrogen-bond donors (Lipinski definition) is 2. The first-order valence-electron chi connectivity index (χ1n) is 5.30. The van der Waals surface area contributed by atoms with Crippen molar-refractivity contribution in [3.8, 4) is 5.75 Å². The third kappa shape index (κ3) is 4.31. The molecule has 88 valence electrons. The standard InChI is InChI=1S/C12H18N2O2/c1-9-3-5-11(6-4-9)16-8-10(2)14-12(15)7-13/h3-6,10H,7-8,13H2,1-2H3,(H,14,15). The van der Waals surface area contributed by atoms with Crippen LogP contribution in [0.4, 0.5) is 0 Å². The smallest absolute Gasteiger partial charge is 0.234 e. The van der Waals surface area contributed by atoms with E-state index >= 15 is 0 Å². The molecule has 0 spiro atoms. The molecular weight excluding hydrogens is 204 g/mol. The number of hydrogen-bond acceptors (Lipinski definition) is 3. The summed E-state index contributed by atoms with van der Waals surface area (Å²) in [6.45, 7) is 4.35. The lowest BCUT2D eigenvalue weighted by molar-refractivity contribution is -0.120. The molecule has 16 heavy (non-hydrogen) atoms. The summed E-state index contributed by atoms with van der Waals surface area (Å²) in [4.78, 5) is 11.0. The summed E-state index contributed by atoms with van der Waals surface area (Å²) in [6.07, 6.45) is 0. The van der Waals surface area contributed by atoms with Crippen LogP contribution in [0.3, 0.4) is 0 Å². The van der Waals surface area contributed by atoms with Crippen molar-refractivity contribution >= 4 is 5.91 Å². The van der Waals surface area contributed by atoms with Gasteiger partial charge in [-0.3, -0.25) is 4.79 Å². The van der Waals surface area contributed by atoms with Crippen molar-refractivity contribution in [1.29, 1.82) is 0 Å². The van der Waals surface area contributed by atoms with E-state index in [1.54, 1.807) is 0 Å². The Kier molecular flexibility index (Phi) is 4.79. The molecule has 0 bridgehead atoms. The van der Waals surface area contributed by atoms with Gasteiger partial charge in [0.1, 0.15) is 12.4 Å². The maximum Gasteiger partial charge on any atom is 0.234 e. The van der Waals surface area contributed by atoms with Gasteiger partial charge in [-0.05, 0) is 26.0 Å². The quantitative estimate of drug-likeness (QED) is 0.776. The van der Waals surface area contributed by atoms with E-state index < -0.39 is 0 Å². The first-order valence-corrected chi connectivity index (χ1v) is 5.30. The summed E-state index contributed by atoms with van der Waals surface area (Å²) >= 11 is 0. The van der Waals surface area contributed by atoms with Crippen LogP contribution in [0.25, 0.3) is 0 Å². The van der Waals surface area contributed by atoms with Crippen LogP contribution >= 0.6 is 0 Å². The second-order valence-corrected chi connectivity index (χ2v) is 3.80. The number of nitrogens with one attached hydrogen (secondary N) is 1. The fraction of sp³-hybridized carbons (Fsp3) is 0.417. The molecule has 0 aliphatic rings. The summed E-state index contributed by atoms with van der Waals surface area (Å²) in [7, 11) is 0. The van der Waals surface area contributed by atoms with Crippen molar-refractivity contribution in [3.05, 3.63) is 29.8 Å². The highest BCUT2D eigenvalue weighted by Crippen LogP contribution is 2.11. The molecule has 1 atom stereocenters. The highest BCUT2D eigenvalue weighted by molar-refractivity contribution is 5.77. The molecule has 4 nitrogen and oxygen atoms in total. The summed E-state index contributed by atoms with van der Waals surface area (Å²) in [5.41, 5.74) is 6.38. The number of amides is 1. The van der Waals surface area contributed by atoms with Crippen LogP contribution < -0.4 is 15.8 Å². The number of rotatable bonds is 5.